The fourth-order valence-corrected chi connectivity index (χ4v) is 2.82. The van der Waals surface area contributed by atoms with Gasteiger partial charge in [0, 0.05) is 25.3 Å². The first-order chi connectivity index (χ1) is 8.07. The first-order valence-electron chi connectivity index (χ1n) is 6.03. The summed E-state index contributed by atoms with van der Waals surface area (Å²) in [5.74, 6) is 0.434. The summed E-state index contributed by atoms with van der Waals surface area (Å²) in [6, 6.07) is 1.89. The average Bonchev–Trinajstić information content (AvgIpc) is 2.28. The number of pyridine rings is 1. The summed E-state index contributed by atoms with van der Waals surface area (Å²) in [5.41, 5.74) is 6.80. The van der Waals surface area contributed by atoms with Gasteiger partial charge < -0.3 is 15.6 Å². The molecule has 3 N–H and O–H groups in total. The number of hydrogen-bond donors (Lipinski definition) is 2. The predicted molar refractivity (Wildman–Crippen MR) is 66.5 cm³/mol. The van der Waals surface area contributed by atoms with Crippen molar-refractivity contribution in [2.24, 2.45) is 0 Å². The van der Waals surface area contributed by atoms with E-state index < -0.39 is 5.60 Å². The molecule has 2 unspecified atom stereocenters. The van der Waals surface area contributed by atoms with Crippen molar-refractivity contribution in [3.8, 4) is 0 Å². The number of aliphatic hydroxyl groups is 1. The number of aryl methyl sites for hydroxylation is 1. The van der Waals surface area contributed by atoms with Crippen LogP contribution in [-0.2, 0) is 10.3 Å². The topological polar surface area (TPSA) is 68.4 Å². The van der Waals surface area contributed by atoms with Gasteiger partial charge in [-0.05, 0) is 37.8 Å². The molecule has 94 valence electrons. The highest BCUT2D eigenvalue weighted by Crippen LogP contribution is 2.41. The third kappa shape index (κ3) is 2.28. The molecule has 1 fully saturated rings. The monoisotopic (exact) mass is 236 g/mol. The molecular weight excluding hydrogens is 216 g/mol. The van der Waals surface area contributed by atoms with E-state index in [9.17, 15) is 5.11 Å². The Bertz CT molecular complexity index is 388. The standard InChI is InChI=1S/C13H20N2O2/c1-9-5-7-15-12(14)11(9)13(16)6-3-4-10(8-13)17-2/h5,7,10,16H,3-4,6,8H2,1-2H3,(H2,14,15). The first-order valence-corrected chi connectivity index (χ1v) is 6.03. The molecule has 4 nitrogen and oxygen atoms in total. The molecular formula is C13H20N2O2. The Kier molecular flexibility index (Phi) is 3.35. The van der Waals surface area contributed by atoms with Gasteiger partial charge >= 0.3 is 0 Å². The summed E-state index contributed by atoms with van der Waals surface area (Å²) in [6.07, 6.45) is 5.05. The zero-order chi connectivity index (χ0) is 12.5. The van der Waals surface area contributed by atoms with Crippen LogP contribution in [0.3, 0.4) is 0 Å². The van der Waals surface area contributed by atoms with Crippen molar-refractivity contribution < 1.29 is 9.84 Å². The van der Waals surface area contributed by atoms with Crippen LogP contribution in [0.1, 0.15) is 36.8 Å². The highest BCUT2D eigenvalue weighted by Gasteiger charge is 2.38. The number of ether oxygens (including phenoxy) is 1. The molecule has 0 spiro atoms. The maximum Gasteiger partial charge on any atom is 0.129 e. The summed E-state index contributed by atoms with van der Waals surface area (Å²) in [5, 5.41) is 10.8. The van der Waals surface area contributed by atoms with Gasteiger partial charge in [0.25, 0.3) is 0 Å². The average molecular weight is 236 g/mol. The Morgan fingerprint density at radius 3 is 3.00 bits per heavy atom. The second kappa shape index (κ2) is 4.63. The Hall–Kier alpha value is -1.13. The fraction of sp³-hybridized carbons (Fsp3) is 0.615. The minimum absolute atomic E-state index is 0.104. The van der Waals surface area contributed by atoms with Crippen LogP contribution in [0.4, 0.5) is 5.82 Å². The smallest absolute Gasteiger partial charge is 0.129 e. The van der Waals surface area contributed by atoms with Gasteiger partial charge in [0.05, 0.1) is 11.7 Å². The van der Waals surface area contributed by atoms with E-state index in [0.717, 1.165) is 30.4 Å². The van der Waals surface area contributed by atoms with Gasteiger partial charge in [-0.1, -0.05) is 0 Å². The van der Waals surface area contributed by atoms with E-state index >= 15 is 0 Å². The zero-order valence-corrected chi connectivity index (χ0v) is 10.4. The molecule has 2 atom stereocenters. The van der Waals surface area contributed by atoms with Crippen molar-refractivity contribution >= 4 is 5.82 Å². The van der Waals surface area contributed by atoms with E-state index in [-0.39, 0.29) is 6.10 Å². The van der Waals surface area contributed by atoms with Crippen molar-refractivity contribution in [1.82, 2.24) is 4.98 Å². The molecule has 0 aromatic carbocycles. The van der Waals surface area contributed by atoms with Crippen LogP contribution < -0.4 is 5.73 Å². The van der Waals surface area contributed by atoms with Crippen LogP contribution in [0, 0.1) is 6.92 Å². The molecule has 1 saturated carbocycles. The number of methoxy groups -OCH3 is 1. The van der Waals surface area contributed by atoms with Gasteiger partial charge in [-0.25, -0.2) is 4.98 Å². The summed E-state index contributed by atoms with van der Waals surface area (Å²) >= 11 is 0. The Morgan fingerprint density at radius 1 is 1.59 bits per heavy atom. The van der Waals surface area contributed by atoms with Gasteiger partial charge in [-0.3, -0.25) is 0 Å². The van der Waals surface area contributed by atoms with Crippen LogP contribution in [-0.4, -0.2) is 23.3 Å². The van der Waals surface area contributed by atoms with Crippen molar-refractivity contribution in [2.45, 2.75) is 44.3 Å². The molecule has 1 aromatic rings. The number of aromatic nitrogens is 1. The molecule has 17 heavy (non-hydrogen) atoms. The van der Waals surface area contributed by atoms with E-state index in [1.54, 1.807) is 13.3 Å². The van der Waals surface area contributed by atoms with Crippen molar-refractivity contribution in [2.75, 3.05) is 12.8 Å². The number of nitrogens with two attached hydrogens (primary N) is 1. The molecule has 1 aliphatic carbocycles. The van der Waals surface area contributed by atoms with E-state index in [4.69, 9.17) is 10.5 Å². The molecule has 1 aromatic heterocycles. The van der Waals surface area contributed by atoms with Gasteiger partial charge in [0.1, 0.15) is 5.82 Å². The van der Waals surface area contributed by atoms with Gasteiger partial charge in [-0.2, -0.15) is 0 Å². The summed E-state index contributed by atoms with van der Waals surface area (Å²) < 4.78 is 5.37. The Labute approximate surface area is 102 Å². The largest absolute Gasteiger partial charge is 0.385 e. The van der Waals surface area contributed by atoms with Crippen LogP contribution in [0.2, 0.25) is 0 Å². The SMILES string of the molecule is COC1CCCC(O)(c2c(C)ccnc2N)C1. The molecule has 2 rings (SSSR count). The van der Waals surface area contributed by atoms with Gasteiger partial charge in [0.15, 0.2) is 0 Å². The third-order valence-electron chi connectivity index (χ3n) is 3.67. The van der Waals surface area contributed by atoms with E-state index in [0.29, 0.717) is 12.2 Å². The van der Waals surface area contributed by atoms with Crippen LogP contribution in [0.5, 0.6) is 0 Å². The molecule has 0 bridgehead atoms. The van der Waals surface area contributed by atoms with Crippen LogP contribution >= 0.6 is 0 Å². The molecule has 0 amide bonds. The highest BCUT2D eigenvalue weighted by molar-refractivity contribution is 5.48. The Balaban J connectivity index is 2.37. The number of nitrogens with zero attached hydrogens (tertiary/aromatic N) is 1. The van der Waals surface area contributed by atoms with Crippen molar-refractivity contribution in [1.29, 1.82) is 0 Å². The molecule has 4 heteroatoms. The molecule has 0 radical (unpaired) electrons. The fourth-order valence-electron chi connectivity index (χ4n) is 2.82. The summed E-state index contributed by atoms with van der Waals surface area (Å²) in [4.78, 5) is 4.09. The number of rotatable bonds is 2. The van der Waals surface area contributed by atoms with E-state index in [2.05, 4.69) is 4.98 Å². The minimum atomic E-state index is -0.888. The number of hydrogen-bond acceptors (Lipinski definition) is 4. The van der Waals surface area contributed by atoms with Crippen LogP contribution in [0.25, 0.3) is 0 Å². The lowest BCUT2D eigenvalue weighted by atomic mass is 9.77. The predicted octanol–water partition coefficient (Wildman–Crippen LogP) is 1.75. The maximum atomic E-state index is 10.8. The van der Waals surface area contributed by atoms with Crippen LogP contribution in [0.15, 0.2) is 12.3 Å². The zero-order valence-electron chi connectivity index (χ0n) is 10.4. The number of anilines is 1. The van der Waals surface area contributed by atoms with Gasteiger partial charge in [-0.15, -0.1) is 0 Å². The number of nitrogen functional groups attached to an aromatic ring is 1. The second-order valence-corrected chi connectivity index (χ2v) is 4.87. The van der Waals surface area contributed by atoms with E-state index in [1.807, 2.05) is 13.0 Å². The normalized spacial score (nSPS) is 29.2. The summed E-state index contributed by atoms with van der Waals surface area (Å²) in [6.45, 7) is 1.96. The van der Waals surface area contributed by atoms with Gasteiger partial charge in [0.2, 0.25) is 0 Å². The quantitative estimate of drug-likeness (QED) is 0.820. The molecule has 0 aliphatic heterocycles. The van der Waals surface area contributed by atoms with Crippen molar-refractivity contribution in [3.63, 3.8) is 0 Å². The highest BCUT2D eigenvalue weighted by atomic mass is 16.5. The first kappa shape index (κ1) is 12.3. The lowest BCUT2D eigenvalue weighted by Gasteiger charge is -2.37. The second-order valence-electron chi connectivity index (χ2n) is 4.87. The lowest BCUT2D eigenvalue weighted by molar-refractivity contribution is -0.0631. The van der Waals surface area contributed by atoms with Crippen molar-refractivity contribution in [3.05, 3.63) is 23.4 Å². The van der Waals surface area contributed by atoms with E-state index in [1.165, 1.54) is 0 Å². The molecule has 0 saturated heterocycles. The molecule has 1 aliphatic rings. The maximum absolute atomic E-state index is 10.8. The third-order valence-corrected chi connectivity index (χ3v) is 3.67. The minimum Gasteiger partial charge on any atom is -0.385 e. The lowest BCUT2D eigenvalue weighted by Crippen LogP contribution is -2.37. The molecule has 1 heterocycles. The Morgan fingerprint density at radius 2 is 2.35 bits per heavy atom. The summed E-state index contributed by atoms with van der Waals surface area (Å²) in [7, 11) is 1.69.